The summed E-state index contributed by atoms with van der Waals surface area (Å²) in [5.41, 5.74) is 13.8. The smallest absolute Gasteiger partial charge is 0.0387 e. The Morgan fingerprint density at radius 1 is 0.512 bits per heavy atom. The summed E-state index contributed by atoms with van der Waals surface area (Å²) < 4.78 is 0. The largest absolute Gasteiger partial charge is 0.356 e. The Labute approximate surface area is 254 Å². The van der Waals surface area contributed by atoms with E-state index in [9.17, 15) is 0 Å². The van der Waals surface area contributed by atoms with Crippen LogP contribution in [0.25, 0.3) is 50.2 Å². The molecule has 0 atom stereocenters. The van der Waals surface area contributed by atoms with Gasteiger partial charge in [-0.25, -0.2) is 0 Å². The molecule has 0 unspecified atom stereocenters. The number of benzene rings is 6. The second-order valence-electron chi connectivity index (χ2n) is 11.8. The topological polar surface area (TPSA) is 12.0 Å². The van der Waals surface area contributed by atoms with Crippen molar-refractivity contribution in [2.75, 3.05) is 5.32 Å². The molecule has 1 N–H and O–H groups in total. The van der Waals surface area contributed by atoms with Crippen LogP contribution < -0.4 is 5.32 Å². The van der Waals surface area contributed by atoms with Crippen LogP contribution >= 0.6 is 0 Å². The highest BCUT2D eigenvalue weighted by Crippen LogP contribution is 2.50. The molecule has 1 heteroatoms. The lowest BCUT2D eigenvalue weighted by Gasteiger charge is -2.23. The molecule has 7 rings (SSSR count). The highest BCUT2D eigenvalue weighted by Gasteiger charge is 2.35. The molecule has 1 nitrogen and oxygen atoms in total. The van der Waals surface area contributed by atoms with E-state index >= 15 is 0 Å². The summed E-state index contributed by atoms with van der Waals surface area (Å²) in [6, 6.07) is 46.3. The highest BCUT2D eigenvalue weighted by molar-refractivity contribution is 6.01. The summed E-state index contributed by atoms with van der Waals surface area (Å²) >= 11 is 0. The predicted octanol–water partition coefficient (Wildman–Crippen LogP) is 11.8. The quantitative estimate of drug-likeness (QED) is 0.202. The molecule has 6 aromatic rings. The Kier molecular flexibility index (Phi) is 6.80. The van der Waals surface area contributed by atoms with Crippen molar-refractivity contribution in [2.24, 2.45) is 0 Å². The number of fused-ring (bicyclic) bond motifs is 4. The van der Waals surface area contributed by atoms with E-state index in [0.717, 1.165) is 11.4 Å². The first-order chi connectivity index (χ1) is 21.0. The highest BCUT2D eigenvalue weighted by atomic mass is 14.9. The molecule has 0 aromatic heterocycles. The van der Waals surface area contributed by atoms with Crippen molar-refractivity contribution in [1.82, 2.24) is 0 Å². The van der Waals surface area contributed by atoms with Crippen molar-refractivity contribution >= 4 is 28.2 Å². The first kappa shape index (κ1) is 26.7. The van der Waals surface area contributed by atoms with E-state index in [-0.39, 0.29) is 5.41 Å². The molecule has 0 saturated heterocycles. The zero-order chi connectivity index (χ0) is 29.4. The minimum absolute atomic E-state index is 0.0771. The monoisotopic (exact) mass is 553 g/mol. The Morgan fingerprint density at radius 3 is 1.91 bits per heavy atom. The summed E-state index contributed by atoms with van der Waals surface area (Å²) in [6.45, 7) is 6.73. The molecule has 43 heavy (non-hydrogen) atoms. The van der Waals surface area contributed by atoms with E-state index in [1.807, 2.05) is 13.0 Å². The van der Waals surface area contributed by atoms with Crippen LogP contribution in [0.1, 0.15) is 37.5 Å². The van der Waals surface area contributed by atoms with E-state index in [2.05, 4.69) is 165 Å². The summed E-state index contributed by atoms with van der Waals surface area (Å²) in [5.74, 6) is 0. The van der Waals surface area contributed by atoms with Gasteiger partial charge in [0, 0.05) is 16.8 Å². The van der Waals surface area contributed by atoms with Crippen molar-refractivity contribution in [1.29, 1.82) is 0 Å². The Morgan fingerprint density at radius 2 is 1.14 bits per heavy atom. The van der Waals surface area contributed by atoms with E-state index in [0.29, 0.717) is 0 Å². The van der Waals surface area contributed by atoms with E-state index in [4.69, 9.17) is 0 Å². The van der Waals surface area contributed by atoms with Gasteiger partial charge >= 0.3 is 0 Å². The third-order valence-electron chi connectivity index (χ3n) is 8.80. The van der Waals surface area contributed by atoms with Crippen LogP contribution in [0.5, 0.6) is 0 Å². The second-order valence-corrected chi connectivity index (χ2v) is 11.8. The Bertz CT molecular complexity index is 2010. The fraction of sp³-hybridized carbons (Fsp3) is 0.0952. The van der Waals surface area contributed by atoms with E-state index in [1.165, 1.54) is 60.8 Å². The molecule has 0 fully saturated rings. The maximum Gasteiger partial charge on any atom is 0.0387 e. The van der Waals surface area contributed by atoms with Crippen LogP contribution in [-0.4, -0.2) is 0 Å². The van der Waals surface area contributed by atoms with E-state index in [1.54, 1.807) is 0 Å². The summed E-state index contributed by atoms with van der Waals surface area (Å²) in [7, 11) is 0. The van der Waals surface area contributed by atoms with Gasteiger partial charge in [-0.15, -0.1) is 0 Å². The van der Waals surface area contributed by atoms with E-state index < -0.39 is 0 Å². The number of nitrogens with one attached hydrogen (secondary N) is 1. The van der Waals surface area contributed by atoms with Crippen molar-refractivity contribution in [3.63, 3.8) is 0 Å². The predicted molar refractivity (Wildman–Crippen MR) is 186 cm³/mol. The van der Waals surface area contributed by atoms with Gasteiger partial charge in [-0.3, -0.25) is 0 Å². The SMILES string of the molecule is C/C=C\C=C/c1ccc(-c2ccc(Nc3ccc4c(c3)C(C)(C)c3cc(-c5ccccc5)ccc3-4)cc2)c2ccccc12. The number of anilines is 2. The molecule has 6 aromatic carbocycles. The normalized spacial score (nSPS) is 13.5. The standard InChI is InChI=1S/C42H35N/c1-4-5-7-14-30-19-24-36(37-16-11-10-15-35(30)37)31-17-21-33(22-18-31)43-34-23-26-39-38-25-20-32(29-12-8-6-9-13-29)27-40(38)42(2,3)41(39)28-34/h4-28,43H,1-3H3/b5-4-,14-7-. The minimum atomic E-state index is -0.0771. The zero-order valence-corrected chi connectivity index (χ0v) is 24.9. The number of allylic oxidation sites excluding steroid dienone is 3. The maximum atomic E-state index is 3.67. The van der Waals surface area contributed by atoms with Crippen molar-refractivity contribution in [2.45, 2.75) is 26.2 Å². The first-order valence-electron chi connectivity index (χ1n) is 15.1. The summed E-state index contributed by atoms with van der Waals surface area (Å²) in [4.78, 5) is 0. The average molecular weight is 554 g/mol. The molecule has 0 amide bonds. The molecule has 0 bridgehead atoms. The average Bonchev–Trinajstić information content (AvgIpc) is 3.27. The summed E-state index contributed by atoms with van der Waals surface area (Å²) in [5, 5.41) is 6.20. The van der Waals surface area contributed by atoms with Crippen LogP contribution in [0.2, 0.25) is 0 Å². The van der Waals surface area contributed by atoms with Gasteiger partial charge in [-0.1, -0.05) is 135 Å². The minimum Gasteiger partial charge on any atom is -0.356 e. The lowest BCUT2D eigenvalue weighted by molar-refractivity contribution is 0.661. The number of hydrogen-bond donors (Lipinski definition) is 1. The molecule has 1 aliphatic rings. The third kappa shape index (κ3) is 4.87. The first-order valence-corrected chi connectivity index (χ1v) is 15.1. The van der Waals surface area contributed by atoms with Crippen LogP contribution in [0.4, 0.5) is 11.4 Å². The van der Waals surface area contributed by atoms with Crippen LogP contribution in [0.15, 0.2) is 146 Å². The number of hydrogen-bond acceptors (Lipinski definition) is 1. The Hall–Kier alpha value is -5.14. The molecular formula is C42H35N. The fourth-order valence-corrected chi connectivity index (χ4v) is 6.51. The van der Waals surface area contributed by atoms with Crippen molar-refractivity contribution < 1.29 is 0 Å². The third-order valence-corrected chi connectivity index (χ3v) is 8.80. The van der Waals surface area contributed by atoms with Gasteiger partial charge in [0.05, 0.1) is 0 Å². The lowest BCUT2D eigenvalue weighted by atomic mass is 9.81. The fourth-order valence-electron chi connectivity index (χ4n) is 6.51. The molecule has 0 saturated carbocycles. The Balaban J connectivity index is 1.16. The van der Waals surface area contributed by atoms with Gasteiger partial charge in [0.15, 0.2) is 0 Å². The van der Waals surface area contributed by atoms with Gasteiger partial charge in [0.1, 0.15) is 0 Å². The molecule has 208 valence electrons. The zero-order valence-electron chi connectivity index (χ0n) is 24.9. The van der Waals surface area contributed by atoms with Crippen LogP contribution in [0.3, 0.4) is 0 Å². The molecule has 0 heterocycles. The lowest BCUT2D eigenvalue weighted by Crippen LogP contribution is -2.15. The summed E-state index contributed by atoms with van der Waals surface area (Å²) in [6.07, 6.45) is 8.39. The maximum absolute atomic E-state index is 3.67. The van der Waals surface area contributed by atoms with Gasteiger partial charge in [0.2, 0.25) is 0 Å². The molecule has 0 aliphatic heterocycles. The number of rotatable bonds is 6. The molecule has 0 spiro atoms. The molecule has 0 radical (unpaired) electrons. The molecular weight excluding hydrogens is 518 g/mol. The van der Waals surface area contributed by atoms with Gasteiger partial charge < -0.3 is 5.32 Å². The van der Waals surface area contributed by atoms with Gasteiger partial charge in [-0.2, -0.15) is 0 Å². The second kappa shape index (κ2) is 10.9. The van der Waals surface area contributed by atoms with Gasteiger partial charge in [0.25, 0.3) is 0 Å². The van der Waals surface area contributed by atoms with Gasteiger partial charge in [-0.05, 0) is 98.1 Å². The van der Waals surface area contributed by atoms with Crippen molar-refractivity contribution in [3.05, 3.63) is 162 Å². The molecule has 1 aliphatic carbocycles. The van der Waals surface area contributed by atoms with Crippen molar-refractivity contribution in [3.8, 4) is 33.4 Å². The van der Waals surface area contributed by atoms with Crippen LogP contribution in [0, 0.1) is 0 Å². The van der Waals surface area contributed by atoms with Crippen LogP contribution in [-0.2, 0) is 5.41 Å².